The number of hydrogen-bond acceptors (Lipinski definition) is 0. The Hall–Kier alpha value is 2.08. The van der Waals surface area contributed by atoms with Crippen LogP contribution in [0.3, 0.4) is 0 Å². The van der Waals surface area contributed by atoms with E-state index in [1.165, 1.54) is 59.9 Å². The van der Waals surface area contributed by atoms with E-state index in [-0.39, 0.29) is 131 Å². The Morgan fingerprint density at radius 3 is 1.59 bits per heavy atom. The number of rotatable bonds is 4. The third kappa shape index (κ3) is 14.6. The summed E-state index contributed by atoms with van der Waals surface area (Å²) in [5.41, 5.74) is 6.90. The molecule has 32 heavy (non-hydrogen) atoms. The molecule has 0 heterocycles. The fourth-order valence-corrected chi connectivity index (χ4v) is 3.74. The molecular formula is C28H32Y4-2. The third-order valence-corrected chi connectivity index (χ3v) is 5.52. The Balaban J connectivity index is 0. The molecule has 1 fully saturated rings. The van der Waals surface area contributed by atoms with Gasteiger partial charge in [-0.25, -0.2) is 0 Å². The van der Waals surface area contributed by atoms with Crippen molar-refractivity contribution in [2.75, 3.05) is 0 Å². The topological polar surface area (TPSA) is 0 Å². The predicted molar refractivity (Wildman–Crippen MR) is 120 cm³/mol. The van der Waals surface area contributed by atoms with E-state index < -0.39 is 0 Å². The minimum atomic E-state index is 0. The van der Waals surface area contributed by atoms with Gasteiger partial charge in [0, 0.05) is 131 Å². The molecule has 4 rings (SSSR count). The van der Waals surface area contributed by atoms with Crippen molar-refractivity contribution in [2.45, 2.75) is 52.4 Å². The predicted octanol–water partition coefficient (Wildman–Crippen LogP) is 7.31. The average molecular weight is 724 g/mol. The minimum absolute atomic E-state index is 0. The van der Waals surface area contributed by atoms with Crippen LogP contribution < -0.4 is 0 Å². The molecule has 0 aliphatic heterocycles. The average Bonchev–Trinajstić information content (AvgIpc) is 2.74. The standard InChI is InChI=1S/C14H19.C14H13.4Y/c2*1-12-7-9-14(10-8-12)11-13-5-3-2-4-6-13;;;;/h2,7-10,13H,3-6,11H2,1H3;3-10H,11H2,1H3;;;;/q2*-1;;;;. The zero-order valence-electron chi connectivity index (χ0n) is 19.6. The van der Waals surface area contributed by atoms with Crippen LogP contribution in [0.2, 0.25) is 0 Å². The van der Waals surface area contributed by atoms with Gasteiger partial charge in [0.25, 0.3) is 0 Å². The first-order valence-corrected chi connectivity index (χ1v) is 10.6. The molecule has 0 aromatic heterocycles. The van der Waals surface area contributed by atoms with Crippen molar-refractivity contribution in [3.63, 3.8) is 0 Å². The summed E-state index contributed by atoms with van der Waals surface area (Å²) in [4.78, 5) is 0. The van der Waals surface area contributed by atoms with Gasteiger partial charge in [0.1, 0.15) is 0 Å². The van der Waals surface area contributed by atoms with E-state index in [0.29, 0.717) is 0 Å². The fraction of sp³-hybridized carbons (Fsp3) is 0.321. The summed E-state index contributed by atoms with van der Waals surface area (Å²) in [6, 6.07) is 28.9. The summed E-state index contributed by atoms with van der Waals surface area (Å²) in [7, 11) is 0. The molecule has 4 radical (unpaired) electrons. The van der Waals surface area contributed by atoms with Crippen LogP contribution in [0.15, 0.2) is 72.8 Å². The Kier molecular flexibility index (Phi) is 24.0. The summed E-state index contributed by atoms with van der Waals surface area (Å²) >= 11 is 0. The molecule has 1 saturated carbocycles. The second-order valence-electron chi connectivity index (χ2n) is 8.07. The molecule has 0 amide bonds. The first-order valence-electron chi connectivity index (χ1n) is 10.6. The van der Waals surface area contributed by atoms with Gasteiger partial charge in [-0.3, -0.25) is 0 Å². The minimum Gasteiger partial charge on any atom is -0.328 e. The maximum absolute atomic E-state index is 3.03. The van der Waals surface area contributed by atoms with E-state index in [1.54, 1.807) is 0 Å². The van der Waals surface area contributed by atoms with Crippen LogP contribution in [0.5, 0.6) is 0 Å². The first kappa shape index (κ1) is 36.2. The molecule has 0 spiro atoms. The SMILES string of the molecule is Cc1ccc(CC2CC[CH-]CC2)cc1.Cc1ccc(Cc2cc[c-]cc2)cc1.[Y].[Y].[Y].[Y]. The van der Waals surface area contributed by atoms with Crippen molar-refractivity contribution in [3.8, 4) is 0 Å². The molecule has 1 aliphatic carbocycles. The van der Waals surface area contributed by atoms with Gasteiger partial charge < -0.3 is 6.42 Å². The fourth-order valence-electron chi connectivity index (χ4n) is 3.74. The molecule has 3 aromatic carbocycles. The maximum Gasteiger partial charge on any atom is 0 e. The summed E-state index contributed by atoms with van der Waals surface area (Å²) < 4.78 is 0. The van der Waals surface area contributed by atoms with Crippen molar-refractivity contribution in [3.05, 3.63) is 113 Å². The second-order valence-corrected chi connectivity index (χ2v) is 8.07. The smallest absolute Gasteiger partial charge is 0 e. The molecule has 0 nitrogen and oxygen atoms in total. The first-order chi connectivity index (χ1) is 13.7. The number of benzene rings is 3. The molecule has 0 atom stereocenters. The summed E-state index contributed by atoms with van der Waals surface area (Å²) in [5.74, 6) is 0.933. The molecule has 158 valence electrons. The molecule has 3 aromatic rings. The summed E-state index contributed by atoms with van der Waals surface area (Å²) in [6.07, 6.45) is 10.2. The molecule has 4 heteroatoms. The second kappa shape index (κ2) is 21.2. The van der Waals surface area contributed by atoms with Gasteiger partial charge in [-0.1, -0.05) is 72.5 Å². The van der Waals surface area contributed by atoms with Crippen LogP contribution in [-0.2, 0) is 144 Å². The van der Waals surface area contributed by atoms with Gasteiger partial charge in [-0.2, -0.15) is 48.7 Å². The molecule has 0 unspecified atom stereocenters. The largest absolute Gasteiger partial charge is 0.328 e. The quantitative estimate of drug-likeness (QED) is 0.248. The number of aryl methyl sites for hydroxylation is 2. The third-order valence-electron chi connectivity index (χ3n) is 5.52. The van der Waals surface area contributed by atoms with Crippen LogP contribution in [-0.4, -0.2) is 0 Å². The van der Waals surface area contributed by atoms with Crippen molar-refractivity contribution >= 4 is 0 Å². The van der Waals surface area contributed by atoms with Crippen molar-refractivity contribution in [1.29, 1.82) is 0 Å². The number of hydrogen-bond donors (Lipinski definition) is 0. The van der Waals surface area contributed by atoms with E-state index in [2.05, 4.69) is 87.0 Å². The Morgan fingerprint density at radius 2 is 1.09 bits per heavy atom. The monoisotopic (exact) mass is 724 g/mol. The summed E-state index contributed by atoms with van der Waals surface area (Å²) in [6.45, 7) is 4.26. The zero-order chi connectivity index (χ0) is 19.6. The van der Waals surface area contributed by atoms with Gasteiger partial charge in [-0.15, -0.1) is 0 Å². The van der Waals surface area contributed by atoms with E-state index in [0.717, 1.165) is 12.3 Å². The van der Waals surface area contributed by atoms with Gasteiger partial charge in [0.2, 0.25) is 0 Å². The Labute approximate surface area is 297 Å². The van der Waals surface area contributed by atoms with E-state index >= 15 is 0 Å². The normalized spacial score (nSPS) is 12.4. The van der Waals surface area contributed by atoms with Crippen LogP contribution in [0.1, 0.15) is 53.5 Å². The van der Waals surface area contributed by atoms with Crippen molar-refractivity contribution in [1.82, 2.24) is 0 Å². The molecule has 0 N–H and O–H groups in total. The van der Waals surface area contributed by atoms with Gasteiger partial charge in [0.15, 0.2) is 0 Å². The Bertz CT molecular complexity index is 808. The van der Waals surface area contributed by atoms with Crippen LogP contribution in [0.4, 0.5) is 0 Å². The van der Waals surface area contributed by atoms with Crippen molar-refractivity contribution < 1.29 is 131 Å². The molecule has 0 bridgehead atoms. The maximum atomic E-state index is 3.03. The van der Waals surface area contributed by atoms with E-state index in [4.69, 9.17) is 0 Å². The van der Waals surface area contributed by atoms with Gasteiger partial charge in [0.05, 0.1) is 0 Å². The van der Waals surface area contributed by atoms with Crippen LogP contribution in [0, 0.1) is 32.3 Å². The van der Waals surface area contributed by atoms with Crippen molar-refractivity contribution in [2.24, 2.45) is 5.92 Å². The van der Waals surface area contributed by atoms with Gasteiger partial charge >= 0.3 is 0 Å². The van der Waals surface area contributed by atoms with E-state index in [9.17, 15) is 0 Å². The zero-order valence-corrected chi connectivity index (χ0v) is 31.0. The van der Waals surface area contributed by atoms with Crippen LogP contribution >= 0.6 is 0 Å². The van der Waals surface area contributed by atoms with Gasteiger partial charge in [-0.05, 0) is 43.7 Å². The van der Waals surface area contributed by atoms with E-state index in [1.807, 2.05) is 12.1 Å². The molecule has 1 aliphatic rings. The summed E-state index contributed by atoms with van der Waals surface area (Å²) in [5, 5.41) is 0. The molecule has 0 saturated heterocycles. The Morgan fingerprint density at radius 1 is 0.656 bits per heavy atom. The van der Waals surface area contributed by atoms with Crippen LogP contribution in [0.25, 0.3) is 0 Å². The molecular weight excluding hydrogens is 692 g/mol.